The van der Waals surface area contributed by atoms with Crippen LogP contribution in [0.4, 0.5) is 0 Å². The van der Waals surface area contributed by atoms with E-state index in [1.807, 2.05) is 105 Å². The number of benzene rings is 4. The van der Waals surface area contributed by atoms with Gasteiger partial charge in [-0.1, -0.05) is 60.7 Å². The summed E-state index contributed by atoms with van der Waals surface area (Å²) in [5, 5.41) is 1.59. The topological polar surface area (TPSA) is 133 Å². The summed E-state index contributed by atoms with van der Waals surface area (Å²) >= 11 is 0. The summed E-state index contributed by atoms with van der Waals surface area (Å²) in [5.74, 6) is 4.47. The Hall–Kier alpha value is -7.73. The molecule has 0 amide bonds. The number of fused-ring (bicyclic) bond motifs is 2. The Kier molecular flexibility index (Phi) is 13.7. The van der Waals surface area contributed by atoms with Crippen molar-refractivity contribution in [2.24, 2.45) is 0 Å². The maximum absolute atomic E-state index is 12.5. The van der Waals surface area contributed by atoms with E-state index in [2.05, 4.69) is 27.1 Å². The van der Waals surface area contributed by atoms with Crippen LogP contribution in [0, 0.1) is 13.8 Å². The molecular weight excluding hydrogens is 785 g/mol. The number of carbonyl (C=O) groups is 1. The molecule has 4 heterocycles. The number of ether oxygens (including phenoxy) is 7. The molecule has 8 aromatic rings. The molecule has 0 aliphatic heterocycles. The van der Waals surface area contributed by atoms with Gasteiger partial charge in [0.25, 0.3) is 0 Å². The minimum absolute atomic E-state index is 0.00991. The van der Waals surface area contributed by atoms with Gasteiger partial charge in [-0.3, -0.25) is 24.7 Å². The summed E-state index contributed by atoms with van der Waals surface area (Å²) in [6.07, 6.45) is 4.06. The van der Waals surface area contributed by atoms with E-state index in [-0.39, 0.29) is 19.0 Å². The van der Waals surface area contributed by atoms with Crippen molar-refractivity contribution in [2.75, 3.05) is 28.4 Å². The summed E-state index contributed by atoms with van der Waals surface area (Å²) in [6, 6.07) is 38.3. The van der Waals surface area contributed by atoms with Crippen LogP contribution in [0.25, 0.3) is 21.8 Å². The Morgan fingerprint density at radius 2 is 0.935 bits per heavy atom. The van der Waals surface area contributed by atoms with Gasteiger partial charge in [-0.2, -0.15) is 0 Å². The first-order valence-corrected chi connectivity index (χ1v) is 19.8. The van der Waals surface area contributed by atoms with Crippen LogP contribution >= 0.6 is 0 Å². The monoisotopic (exact) mass is 830 g/mol. The first-order chi connectivity index (χ1) is 30.2. The molecule has 0 unspecified atom stereocenters. The molecule has 62 heavy (non-hydrogen) atoms. The summed E-state index contributed by atoms with van der Waals surface area (Å²) in [6.45, 7) is 4.05. The van der Waals surface area contributed by atoms with Gasteiger partial charge >= 0.3 is 5.97 Å². The third kappa shape index (κ3) is 10.3. The summed E-state index contributed by atoms with van der Waals surface area (Å²) < 4.78 is 39.6. The highest BCUT2D eigenvalue weighted by atomic mass is 16.5. The van der Waals surface area contributed by atoms with Crippen molar-refractivity contribution >= 4 is 27.8 Å². The van der Waals surface area contributed by atoms with E-state index in [1.54, 1.807) is 59.0 Å². The fourth-order valence-electron chi connectivity index (χ4n) is 6.66. The molecule has 0 fully saturated rings. The molecule has 0 aliphatic carbocycles. The molecule has 4 aromatic carbocycles. The minimum Gasteiger partial charge on any atom is -0.493 e. The standard InChI is InChI=1S/C26H24N2O5.C24H22N2O3/c1-17-9-10-23(21(28-17)15-26(29)32-16-18-7-5-4-6-8-18)33-22-11-12-27-20-14-25(31-3)24(30-2)13-19(20)22;1-16-9-10-22(20(26-16)13-17-7-5-4-6-8-17)29-21-11-12-25-19-15-24(28-3)23(27-2)14-18(19)21/h4-14H,15-16H2,1-3H3;4-12,14-15H,13H2,1-3H3. The van der Waals surface area contributed by atoms with Crippen LogP contribution in [0.15, 0.2) is 134 Å². The van der Waals surface area contributed by atoms with Crippen molar-refractivity contribution in [3.63, 3.8) is 0 Å². The minimum atomic E-state index is -0.382. The number of aryl methyl sites for hydroxylation is 2. The number of pyridine rings is 4. The molecule has 314 valence electrons. The van der Waals surface area contributed by atoms with Crippen molar-refractivity contribution in [3.05, 3.63) is 168 Å². The molecule has 0 atom stereocenters. The maximum Gasteiger partial charge on any atom is 0.312 e. The number of hydrogen-bond acceptors (Lipinski definition) is 12. The molecule has 0 bridgehead atoms. The molecule has 0 aliphatic rings. The Morgan fingerprint density at radius 3 is 1.44 bits per heavy atom. The summed E-state index contributed by atoms with van der Waals surface area (Å²) in [7, 11) is 6.37. The maximum atomic E-state index is 12.5. The molecule has 0 radical (unpaired) electrons. The molecule has 12 heteroatoms. The smallest absolute Gasteiger partial charge is 0.312 e. The van der Waals surface area contributed by atoms with Crippen molar-refractivity contribution in [3.8, 4) is 46.0 Å². The van der Waals surface area contributed by atoms with E-state index < -0.39 is 0 Å². The number of esters is 1. The Labute approximate surface area is 360 Å². The number of rotatable bonds is 14. The van der Waals surface area contributed by atoms with Crippen LogP contribution in [0.5, 0.6) is 46.0 Å². The number of aromatic nitrogens is 4. The SMILES string of the molecule is COc1cc2nccc(Oc3ccc(C)nc3CC(=O)OCc3ccccc3)c2cc1OC.COc1cc2nccc(Oc3ccc(C)nc3Cc3ccccc3)c2cc1OC. The van der Waals surface area contributed by atoms with Gasteiger partial charge < -0.3 is 33.2 Å². The van der Waals surface area contributed by atoms with Crippen molar-refractivity contribution < 1.29 is 38.0 Å². The zero-order chi connectivity index (χ0) is 43.4. The van der Waals surface area contributed by atoms with Crippen LogP contribution in [0.3, 0.4) is 0 Å². The second-order valence-corrected chi connectivity index (χ2v) is 14.1. The summed E-state index contributed by atoms with van der Waals surface area (Å²) in [5.41, 5.74) is 6.68. The molecule has 0 spiro atoms. The highest BCUT2D eigenvalue weighted by Crippen LogP contribution is 2.39. The first-order valence-electron chi connectivity index (χ1n) is 19.8. The van der Waals surface area contributed by atoms with E-state index >= 15 is 0 Å². The second kappa shape index (κ2) is 20.0. The average molecular weight is 831 g/mol. The lowest BCUT2D eigenvalue weighted by molar-refractivity contribution is -0.144. The Morgan fingerprint density at radius 1 is 0.484 bits per heavy atom. The first kappa shape index (κ1) is 42.4. The second-order valence-electron chi connectivity index (χ2n) is 14.1. The van der Waals surface area contributed by atoms with Gasteiger partial charge in [0.05, 0.1) is 57.3 Å². The van der Waals surface area contributed by atoms with Gasteiger partial charge in [-0.15, -0.1) is 0 Å². The molecule has 0 saturated carbocycles. The molecule has 4 aromatic heterocycles. The zero-order valence-electron chi connectivity index (χ0n) is 35.4. The van der Waals surface area contributed by atoms with Crippen LogP contribution in [-0.2, 0) is 29.0 Å². The number of hydrogen-bond donors (Lipinski definition) is 0. The van der Waals surface area contributed by atoms with Crippen molar-refractivity contribution in [1.29, 1.82) is 0 Å². The molecule has 0 saturated heterocycles. The van der Waals surface area contributed by atoms with E-state index in [0.717, 1.165) is 44.7 Å². The third-order valence-corrected chi connectivity index (χ3v) is 9.77. The van der Waals surface area contributed by atoms with Crippen LogP contribution < -0.4 is 28.4 Å². The largest absolute Gasteiger partial charge is 0.493 e. The highest BCUT2D eigenvalue weighted by Gasteiger charge is 2.17. The molecule has 0 N–H and O–H groups in total. The fraction of sp³-hybridized carbons (Fsp3) is 0.180. The van der Waals surface area contributed by atoms with Gasteiger partial charge in [0.2, 0.25) is 0 Å². The normalized spacial score (nSPS) is 10.7. The number of nitrogens with zero attached hydrogens (tertiary/aromatic N) is 4. The quantitative estimate of drug-likeness (QED) is 0.0966. The van der Waals surface area contributed by atoms with Gasteiger partial charge in [0.1, 0.15) is 29.6 Å². The van der Waals surface area contributed by atoms with E-state index in [0.29, 0.717) is 57.9 Å². The Bertz CT molecular complexity index is 2800. The van der Waals surface area contributed by atoms with Gasteiger partial charge in [-0.25, -0.2) is 0 Å². The van der Waals surface area contributed by atoms with E-state index in [9.17, 15) is 4.79 Å². The van der Waals surface area contributed by atoms with Gasteiger partial charge in [-0.05, 0) is 73.5 Å². The average Bonchev–Trinajstić information content (AvgIpc) is 3.30. The van der Waals surface area contributed by atoms with Crippen molar-refractivity contribution in [1.82, 2.24) is 19.9 Å². The van der Waals surface area contributed by atoms with Crippen LogP contribution in [0.2, 0.25) is 0 Å². The lowest BCUT2D eigenvalue weighted by Gasteiger charge is -2.14. The third-order valence-electron chi connectivity index (χ3n) is 9.77. The number of methoxy groups -OCH3 is 4. The van der Waals surface area contributed by atoms with E-state index in [4.69, 9.17) is 38.1 Å². The lowest BCUT2D eigenvalue weighted by atomic mass is 10.1. The van der Waals surface area contributed by atoms with Crippen LogP contribution in [-0.4, -0.2) is 54.3 Å². The predicted octanol–water partition coefficient (Wildman–Crippen LogP) is 10.4. The fourth-order valence-corrected chi connectivity index (χ4v) is 6.66. The van der Waals surface area contributed by atoms with Gasteiger partial charge in [0, 0.05) is 53.1 Å². The molecule has 8 rings (SSSR count). The predicted molar refractivity (Wildman–Crippen MR) is 237 cm³/mol. The molecular formula is C50H46N4O8. The zero-order valence-corrected chi connectivity index (χ0v) is 35.4. The highest BCUT2D eigenvalue weighted by molar-refractivity contribution is 5.89. The van der Waals surface area contributed by atoms with Crippen molar-refractivity contribution in [2.45, 2.75) is 33.3 Å². The number of carbonyl (C=O) groups excluding carboxylic acids is 1. The van der Waals surface area contributed by atoms with Gasteiger partial charge in [0.15, 0.2) is 23.0 Å². The summed E-state index contributed by atoms with van der Waals surface area (Å²) in [4.78, 5) is 30.6. The lowest BCUT2D eigenvalue weighted by Crippen LogP contribution is -2.10. The van der Waals surface area contributed by atoms with E-state index in [1.165, 1.54) is 5.56 Å². The Balaban J connectivity index is 0.000000188. The molecule has 12 nitrogen and oxygen atoms in total. The van der Waals surface area contributed by atoms with Crippen LogP contribution in [0.1, 0.15) is 33.9 Å².